The number of nitrogens with zero attached hydrogens (tertiary/aromatic N) is 1. The summed E-state index contributed by atoms with van der Waals surface area (Å²) in [5.74, 6) is 0.00852. The van der Waals surface area contributed by atoms with Gasteiger partial charge < -0.3 is 5.11 Å². The van der Waals surface area contributed by atoms with Gasteiger partial charge in [0.1, 0.15) is 0 Å². The van der Waals surface area contributed by atoms with Crippen LogP contribution in [0.4, 0.5) is 0 Å². The molecule has 3 nitrogen and oxygen atoms in total. The van der Waals surface area contributed by atoms with Crippen LogP contribution in [0.2, 0.25) is 0 Å². The molecule has 1 aliphatic heterocycles. The highest BCUT2D eigenvalue weighted by molar-refractivity contribution is 5.70. The van der Waals surface area contributed by atoms with Crippen molar-refractivity contribution in [1.29, 1.82) is 0 Å². The molecule has 1 rings (SSSR count). The average molecular weight is 241 g/mol. The van der Waals surface area contributed by atoms with Crippen LogP contribution < -0.4 is 0 Å². The van der Waals surface area contributed by atoms with Crippen molar-refractivity contribution in [3.8, 4) is 0 Å². The van der Waals surface area contributed by atoms with Crippen LogP contribution in [0.1, 0.15) is 53.4 Å². The Kier molecular flexibility index (Phi) is 5.44. The Morgan fingerprint density at radius 3 is 2.47 bits per heavy atom. The monoisotopic (exact) mass is 241 g/mol. The number of carboxylic acids is 1. The molecule has 1 fully saturated rings. The summed E-state index contributed by atoms with van der Waals surface area (Å²) in [5.41, 5.74) is 0. The first-order chi connectivity index (χ1) is 7.91. The van der Waals surface area contributed by atoms with Gasteiger partial charge in [-0.25, -0.2) is 0 Å². The molecule has 0 aromatic heterocycles. The molecule has 0 saturated carbocycles. The molecular weight excluding hydrogens is 214 g/mol. The second-order valence-electron chi connectivity index (χ2n) is 5.97. The minimum absolute atomic E-state index is 0.126. The third-order valence-electron chi connectivity index (χ3n) is 4.00. The summed E-state index contributed by atoms with van der Waals surface area (Å²) in [4.78, 5) is 13.5. The van der Waals surface area contributed by atoms with Crippen molar-refractivity contribution in [1.82, 2.24) is 4.90 Å². The van der Waals surface area contributed by atoms with E-state index in [4.69, 9.17) is 5.11 Å². The number of likely N-dealkylation sites (tertiary alicyclic amines) is 1. The summed E-state index contributed by atoms with van der Waals surface area (Å²) in [5, 5.41) is 9.04. The van der Waals surface area contributed by atoms with Gasteiger partial charge in [0.05, 0.1) is 5.92 Å². The number of carboxylic acid groups (broad SMARTS) is 1. The summed E-state index contributed by atoms with van der Waals surface area (Å²) >= 11 is 0. The largest absolute Gasteiger partial charge is 0.481 e. The van der Waals surface area contributed by atoms with Crippen molar-refractivity contribution in [2.24, 2.45) is 11.8 Å². The Morgan fingerprint density at radius 2 is 2.00 bits per heavy atom. The fraction of sp³-hybridized carbons (Fsp3) is 0.929. The number of rotatable bonds is 5. The highest BCUT2D eigenvalue weighted by Crippen LogP contribution is 2.26. The second-order valence-corrected chi connectivity index (χ2v) is 5.97. The lowest BCUT2D eigenvalue weighted by atomic mass is 9.90. The minimum atomic E-state index is -0.619. The fourth-order valence-corrected chi connectivity index (χ4v) is 2.81. The fourth-order valence-electron chi connectivity index (χ4n) is 2.81. The summed E-state index contributed by atoms with van der Waals surface area (Å²) in [6.45, 7) is 9.90. The van der Waals surface area contributed by atoms with Gasteiger partial charge in [-0.3, -0.25) is 9.69 Å². The van der Waals surface area contributed by atoms with E-state index in [0.717, 1.165) is 25.3 Å². The first-order valence-electron chi connectivity index (χ1n) is 6.90. The number of piperidine rings is 1. The van der Waals surface area contributed by atoms with E-state index in [-0.39, 0.29) is 5.92 Å². The Balaban J connectivity index is 2.43. The van der Waals surface area contributed by atoms with Crippen molar-refractivity contribution in [2.45, 2.75) is 65.5 Å². The predicted octanol–water partition coefficient (Wildman–Crippen LogP) is 3.00. The zero-order chi connectivity index (χ0) is 13.0. The molecule has 3 atom stereocenters. The molecule has 0 aromatic carbocycles. The molecule has 100 valence electrons. The van der Waals surface area contributed by atoms with E-state index in [2.05, 4.69) is 32.6 Å². The van der Waals surface area contributed by atoms with Crippen LogP contribution in [-0.4, -0.2) is 34.6 Å². The van der Waals surface area contributed by atoms with Gasteiger partial charge in [0.15, 0.2) is 0 Å². The zero-order valence-corrected chi connectivity index (χ0v) is 11.6. The third-order valence-corrected chi connectivity index (χ3v) is 4.00. The Labute approximate surface area is 105 Å². The molecule has 0 aliphatic carbocycles. The molecule has 3 heteroatoms. The lowest BCUT2D eigenvalue weighted by Gasteiger charge is -2.40. The topological polar surface area (TPSA) is 40.5 Å². The SMILES string of the molecule is CC(C)CCC(C)N1CCC(C(=O)O)CC1C. The normalized spacial score (nSPS) is 28.3. The molecule has 17 heavy (non-hydrogen) atoms. The van der Waals surface area contributed by atoms with E-state index in [0.29, 0.717) is 12.1 Å². The highest BCUT2D eigenvalue weighted by Gasteiger charge is 2.31. The summed E-state index contributed by atoms with van der Waals surface area (Å²) in [6.07, 6.45) is 4.10. The molecule has 1 N–H and O–H groups in total. The maximum Gasteiger partial charge on any atom is 0.306 e. The molecule has 0 amide bonds. The molecule has 0 spiro atoms. The van der Waals surface area contributed by atoms with Gasteiger partial charge in [-0.05, 0) is 52.0 Å². The number of hydrogen-bond acceptors (Lipinski definition) is 2. The predicted molar refractivity (Wildman–Crippen MR) is 70.1 cm³/mol. The second kappa shape index (κ2) is 6.39. The van der Waals surface area contributed by atoms with E-state index < -0.39 is 5.97 Å². The first kappa shape index (κ1) is 14.5. The lowest BCUT2D eigenvalue weighted by Crippen LogP contribution is -2.47. The number of hydrogen-bond donors (Lipinski definition) is 1. The summed E-state index contributed by atoms with van der Waals surface area (Å²) in [7, 11) is 0. The molecule has 1 aliphatic rings. The quantitative estimate of drug-likeness (QED) is 0.804. The van der Waals surface area contributed by atoms with Gasteiger partial charge in [0.2, 0.25) is 0 Å². The minimum Gasteiger partial charge on any atom is -0.481 e. The number of carbonyl (C=O) groups is 1. The average Bonchev–Trinajstić information content (AvgIpc) is 2.25. The summed E-state index contributed by atoms with van der Waals surface area (Å²) < 4.78 is 0. The van der Waals surface area contributed by atoms with Crippen molar-refractivity contribution >= 4 is 5.97 Å². The van der Waals surface area contributed by atoms with E-state index in [1.165, 1.54) is 12.8 Å². The van der Waals surface area contributed by atoms with E-state index in [1.807, 2.05) is 0 Å². The molecular formula is C14H27NO2. The van der Waals surface area contributed by atoms with Crippen LogP contribution in [-0.2, 0) is 4.79 Å². The van der Waals surface area contributed by atoms with Crippen LogP contribution in [0.25, 0.3) is 0 Å². The van der Waals surface area contributed by atoms with Gasteiger partial charge in [-0.2, -0.15) is 0 Å². The van der Waals surface area contributed by atoms with Gasteiger partial charge in [-0.1, -0.05) is 13.8 Å². The maximum atomic E-state index is 11.0. The molecule has 0 bridgehead atoms. The van der Waals surface area contributed by atoms with Crippen LogP contribution >= 0.6 is 0 Å². The molecule has 1 heterocycles. The van der Waals surface area contributed by atoms with Gasteiger partial charge in [0, 0.05) is 12.1 Å². The standard InChI is InChI=1S/C14H27NO2/c1-10(2)5-6-11(3)15-8-7-13(14(16)17)9-12(15)4/h10-13H,5-9H2,1-4H3,(H,16,17). The third kappa shape index (κ3) is 4.30. The van der Waals surface area contributed by atoms with E-state index >= 15 is 0 Å². The summed E-state index contributed by atoms with van der Waals surface area (Å²) in [6, 6.07) is 0.995. The van der Waals surface area contributed by atoms with E-state index in [9.17, 15) is 4.79 Å². The van der Waals surface area contributed by atoms with Crippen LogP contribution in [0.15, 0.2) is 0 Å². The first-order valence-corrected chi connectivity index (χ1v) is 6.90. The maximum absolute atomic E-state index is 11.0. The Morgan fingerprint density at radius 1 is 1.35 bits per heavy atom. The van der Waals surface area contributed by atoms with Crippen LogP contribution in [0, 0.1) is 11.8 Å². The highest BCUT2D eigenvalue weighted by atomic mass is 16.4. The van der Waals surface area contributed by atoms with Crippen molar-refractivity contribution in [3.05, 3.63) is 0 Å². The zero-order valence-electron chi connectivity index (χ0n) is 11.6. The van der Waals surface area contributed by atoms with Gasteiger partial charge in [0.25, 0.3) is 0 Å². The van der Waals surface area contributed by atoms with Gasteiger partial charge >= 0.3 is 5.97 Å². The molecule has 0 aromatic rings. The van der Waals surface area contributed by atoms with E-state index in [1.54, 1.807) is 0 Å². The molecule has 1 saturated heterocycles. The number of aliphatic carboxylic acids is 1. The lowest BCUT2D eigenvalue weighted by molar-refractivity contribution is -0.144. The molecule has 3 unspecified atom stereocenters. The van der Waals surface area contributed by atoms with Crippen molar-refractivity contribution < 1.29 is 9.90 Å². The van der Waals surface area contributed by atoms with Crippen molar-refractivity contribution in [2.75, 3.05) is 6.54 Å². The smallest absolute Gasteiger partial charge is 0.306 e. The van der Waals surface area contributed by atoms with Crippen molar-refractivity contribution in [3.63, 3.8) is 0 Å². The van der Waals surface area contributed by atoms with Crippen LogP contribution in [0.3, 0.4) is 0 Å². The Bertz CT molecular complexity index is 253. The molecule has 0 radical (unpaired) electrons. The van der Waals surface area contributed by atoms with Crippen LogP contribution in [0.5, 0.6) is 0 Å². The Hall–Kier alpha value is -0.570. The van der Waals surface area contributed by atoms with Gasteiger partial charge in [-0.15, -0.1) is 0 Å².